The normalized spacial score (nSPS) is 18.0. The van der Waals surface area contributed by atoms with Gasteiger partial charge in [-0.05, 0) is 18.4 Å². The lowest BCUT2D eigenvalue weighted by atomic mass is 10.0. The number of thiazole rings is 1. The van der Waals surface area contributed by atoms with E-state index in [0.717, 1.165) is 16.7 Å². The quantitative estimate of drug-likeness (QED) is 0.260. The van der Waals surface area contributed by atoms with Crippen LogP contribution in [0.15, 0.2) is 57.4 Å². The minimum atomic E-state index is -0.732. The van der Waals surface area contributed by atoms with Crippen LogP contribution in [0.25, 0.3) is 0 Å². The number of nitrogens with one attached hydrogen (secondary N) is 4. The molecule has 4 heterocycles. The Kier molecular flexibility index (Phi) is 9.47. The summed E-state index contributed by atoms with van der Waals surface area (Å²) in [4.78, 5) is 82.1. The number of aromatic amines is 1. The van der Waals surface area contributed by atoms with E-state index >= 15 is 0 Å². The van der Waals surface area contributed by atoms with Crippen LogP contribution in [0.3, 0.4) is 0 Å². The molecule has 0 unspecified atom stereocenters. The van der Waals surface area contributed by atoms with Gasteiger partial charge in [0.05, 0.1) is 12.6 Å². The van der Waals surface area contributed by atoms with Gasteiger partial charge in [0.2, 0.25) is 11.8 Å². The van der Waals surface area contributed by atoms with E-state index in [4.69, 9.17) is 4.42 Å². The third kappa shape index (κ3) is 7.49. The summed E-state index contributed by atoms with van der Waals surface area (Å²) >= 11 is 1.22. The first-order valence-electron chi connectivity index (χ1n) is 14.3. The van der Waals surface area contributed by atoms with Crippen molar-refractivity contribution in [2.24, 2.45) is 5.92 Å². The second-order valence-electron chi connectivity index (χ2n) is 10.8. The van der Waals surface area contributed by atoms with E-state index in [1.165, 1.54) is 17.6 Å². The summed E-state index contributed by atoms with van der Waals surface area (Å²) in [5, 5.41) is 10.6. The van der Waals surface area contributed by atoms with Crippen molar-refractivity contribution in [2.75, 3.05) is 19.6 Å². The van der Waals surface area contributed by atoms with Gasteiger partial charge in [0, 0.05) is 31.1 Å². The highest BCUT2D eigenvalue weighted by Crippen LogP contribution is 2.26. The molecule has 0 radical (unpaired) electrons. The van der Waals surface area contributed by atoms with Gasteiger partial charge in [-0.25, -0.2) is 15.0 Å². The Labute approximate surface area is 261 Å². The summed E-state index contributed by atoms with van der Waals surface area (Å²) in [5.74, 6) is -1.98. The van der Waals surface area contributed by atoms with Crippen LogP contribution < -0.4 is 21.5 Å². The van der Waals surface area contributed by atoms with Crippen molar-refractivity contribution in [2.45, 2.75) is 39.3 Å². The molecule has 0 fully saturated rings. The highest BCUT2D eigenvalue weighted by atomic mass is 32.1. The number of carbonyl (C=O) groups is 4. The summed E-state index contributed by atoms with van der Waals surface area (Å²) in [6.07, 6.45) is 2.67. The number of nitrogens with zero attached hydrogens (tertiary/aromatic N) is 4. The molecule has 1 aliphatic heterocycles. The molecule has 1 aromatic carbocycles. The van der Waals surface area contributed by atoms with Crippen LogP contribution in [0.2, 0.25) is 0 Å². The fourth-order valence-corrected chi connectivity index (χ4v) is 5.75. The number of H-pyrrole nitrogens is 1. The molecule has 0 spiro atoms. The van der Waals surface area contributed by atoms with Crippen molar-refractivity contribution in [1.82, 2.24) is 40.8 Å². The van der Waals surface area contributed by atoms with E-state index in [1.54, 1.807) is 12.3 Å². The Morgan fingerprint density at radius 1 is 1.07 bits per heavy atom. The molecule has 4 N–H and O–H groups in total. The van der Waals surface area contributed by atoms with E-state index < -0.39 is 47.8 Å². The minimum absolute atomic E-state index is 0.0380. The Hall–Kier alpha value is -5.18. The summed E-state index contributed by atoms with van der Waals surface area (Å²) in [6, 6.07) is 8.14. The molecule has 1 aliphatic rings. The largest absolute Gasteiger partial charge is 0.446 e. The number of aromatic nitrogens is 4. The summed E-state index contributed by atoms with van der Waals surface area (Å²) < 4.78 is 5.65. The minimum Gasteiger partial charge on any atom is -0.446 e. The average molecular weight is 633 g/mol. The molecule has 3 aromatic heterocycles. The molecule has 15 heteroatoms. The van der Waals surface area contributed by atoms with Gasteiger partial charge in [-0.3, -0.25) is 24.0 Å². The summed E-state index contributed by atoms with van der Waals surface area (Å²) in [5.41, 5.74) is 0.113. The van der Waals surface area contributed by atoms with Gasteiger partial charge in [-0.2, -0.15) is 0 Å². The number of hydrogen-bond acceptors (Lipinski definition) is 10. The molecule has 234 valence electrons. The second kappa shape index (κ2) is 13.6. The van der Waals surface area contributed by atoms with Crippen molar-refractivity contribution in [3.05, 3.63) is 97.8 Å². The monoisotopic (exact) mass is 632 g/mol. The van der Waals surface area contributed by atoms with Crippen LogP contribution in [0.5, 0.6) is 0 Å². The number of hydrogen-bond donors (Lipinski definition) is 4. The Bertz CT molecular complexity index is 1760. The molecule has 2 atom stereocenters. The van der Waals surface area contributed by atoms with E-state index in [2.05, 4.69) is 35.9 Å². The fourth-order valence-electron chi connectivity index (χ4n) is 4.73. The lowest BCUT2D eigenvalue weighted by Gasteiger charge is -2.25. The van der Waals surface area contributed by atoms with Crippen molar-refractivity contribution >= 4 is 35.0 Å². The third-order valence-electron chi connectivity index (χ3n) is 7.09. The molecule has 4 amide bonds. The smallest absolute Gasteiger partial charge is 0.273 e. The van der Waals surface area contributed by atoms with E-state index in [9.17, 15) is 24.0 Å². The molecular formula is C30H32N8O6S. The van der Waals surface area contributed by atoms with Gasteiger partial charge in [-0.15, -0.1) is 11.3 Å². The highest BCUT2D eigenvalue weighted by molar-refractivity contribution is 7.09. The van der Waals surface area contributed by atoms with Crippen LogP contribution in [0, 0.1) is 12.8 Å². The second-order valence-corrected chi connectivity index (χ2v) is 11.7. The van der Waals surface area contributed by atoms with Gasteiger partial charge in [-0.1, -0.05) is 44.2 Å². The third-order valence-corrected chi connectivity index (χ3v) is 8.02. The maximum Gasteiger partial charge on any atom is 0.273 e. The van der Waals surface area contributed by atoms with Crippen molar-refractivity contribution < 1.29 is 23.6 Å². The highest BCUT2D eigenvalue weighted by Gasteiger charge is 2.29. The van der Waals surface area contributed by atoms with Gasteiger partial charge in [0.15, 0.2) is 5.69 Å². The predicted octanol–water partition coefficient (Wildman–Crippen LogP) is 1.94. The SMILES string of the molecule is Cc1ncc(C(=O)N2CCNC(=O)c3coc(n3)[C@H](Cc3ccccc3)NC(=O)c3csc(n3)[C@H](C(C)C)NC(=O)C2)c(=O)[nH]1. The Morgan fingerprint density at radius 3 is 2.58 bits per heavy atom. The standard InChI is InChI=1S/C30H32N8O6S/c1-16(2)24-29-36-22(15-45-29)27(42)34-20(11-18-7-5-4-6-8-18)28-35-21(14-44-28)26(41)31-9-10-38(13-23(39)37-24)30(43)19-12-32-17(3)33-25(19)40/h4-8,12,14-16,20,24H,9-11,13H2,1-3H3,(H,31,41)(H,34,42)(H,37,39)(H,32,33,40)/t20-,24-/m0/s1. The van der Waals surface area contributed by atoms with E-state index in [1.807, 2.05) is 44.2 Å². The number of benzene rings is 1. The number of fused-ring (bicyclic) bond motifs is 4. The maximum atomic E-state index is 13.4. The van der Waals surface area contributed by atoms with Gasteiger partial charge in [0.1, 0.15) is 34.4 Å². The summed E-state index contributed by atoms with van der Waals surface area (Å²) in [6.45, 7) is 4.78. The number of amides is 4. The molecule has 0 saturated carbocycles. The Balaban J connectivity index is 1.48. The predicted molar refractivity (Wildman–Crippen MR) is 163 cm³/mol. The number of rotatable bonds is 4. The number of oxazole rings is 1. The first kappa shape index (κ1) is 31.3. The Morgan fingerprint density at radius 2 is 1.84 bits per heavy atom. The van der Waals surface area contributed by atoms with Crippen LogP contribution in [-0.2, 0) is 11.2 Å². The van der Waals surface area contributed by atoms with E-state index in [0.29, 0.717) is 17.3 Å². The van der Waals surface area contributed by atoms with Crippen LogP contribution in [0.4, 0.5) is 0 Å². The lowest BCUT2D eigenvalue weighted by molar-refractivity contribution is -0.122. The van der Waals surface area contributed by atoms with Crippen LogP contribution >= 0.6 is 11.3 Å². The van der Waals surface area contributed by atoms with Crippen molar-refractivity contribution in [1.29, 1.82) is 0 Å². The van der Waals surface area contributed by atoms with E-state index in [-0.39, 0.29) is 41.8 Å². The fraction of sp³-hybridized carbons (Fsp3) is 0.333. The van der Waals surface area contributed by atoms with Crippen molar-refractivity contribution in [3.63, 3.8) is 0 Å². The first-order chi connectivity index (χ1) is 21.6. The molecule has 14 nitrogen and oxygen atoms in total. The summed E-state index contributed by atoms with van der Waals surface area (Å²) in [7, 11) is 0. The molecule has 4 bridgehead atoms. The number of aryl methyl sites for hydroxylation is 1. The zero-order chi connectivity index (χ0) is 32.1. The van der Waals surface area contributed by atoms with Crippen molar-refractivity contribution in [3.8, 4) is 0 Å². The van der Waals surface area contributed by atoms with Crippen LogP contribution in [0.1, 0.15) is 79.6 Å². The molecule has 0 saturated heterocycles. The molecular weight excluding hydrogens is 600 g/mol. The zero-order valence-corrected chi connectivity index (χ0v) is 25.6. The topological polar surface area (TPSA) is 192 Å². The molecule has 4 aromatic rings. The average Bonchev–Trinajstić information content (AvgIpc) is 3.70. The number of carbonyl (C=O) groups excluding carboxylic acids is 4. The first-order valence-corrected chi connectivity index (χ1v) is 15.2. The molecule has 45 heavy (non-hydrogen) atoms. The van der Waals surface area contributed by atoms with Gasteiger partial charge < -0.3 is 30.3 Å². The molecule has 5 rings (SSSR count). The van der Waals surface area contributed by atoms with Crippen LogP contribution in [-0.4, -0.2) is 68.1 Å². The zero-order valence-electron chi connectivity index (χ0n) is 24.8. The molecule has 0 aliphatic carbocycles. The lowest BCUT2D eigenvalue weighted by Crippen LogP contribution is -2.46. The van der Waals surface area contributed by atoms with Gasteiger partial charge in [0.25, 0.3) is 23.3 Å². The van der Waals surface area contributed by atoms with Gasteiger partial charge >= 0.3 is 0 Å². The maximum absolute atomic E-state index is 13.4.